The van der Waals surface area contributed by atoms with Crippen LogP contribution < -0.4 is 0 Å². The number of Topliss-reactive ketones (excluding diaryl/α,β-unsaturated/α-hetero) is 1. The number of hydrogen-bond acceptors (Lipinski definition) is 1. The Morgan fingerprint density at radius 3 is 2.07 bits per heavy atom. The van der Waals surface area contributed by atoms with Gasteiger partial charge in [0, 0.05) is 24.7 Å². The summed E-state index contributed by atoms with van der Waals surface area (Å²) in [5.41, 5.74) is 0. The van der Waals surface area contributed by atoms with E-state index in [0.717, 1.165) is 0 Å². The van der Waals surface area contributed by atoms with Gasteiger partial charge in [-0.2, -0.15) is 0 Å². The van der Waals surface area contributed by atoms with E-state index in [1.165, 1.54) is 0 Å². The van der Waals surface area contributed by atoms with Crippen LogP contribution in [0, 0.1) is 17.8 Å². The van der Waals surface area contributed by atoms with E-state index < -0.39 is 5.92 Å². The Bertz CT molecular complexity index is 226. The zero-order valence-electron chi connectivity index (χ0n) is 9.72. The van der Waals surface area contributed by atoms with Crippen molar-refractivity contribution in [1.29, 1.82) is 0 Å². The minimum absolute atomic E-state index is 0.00159. The minimum Gasteiger partial charge on any atom is -0.299 e. The molecule has 1 unspecified atom stereocenters. The maximum atomic E-state index is 12.9. The molecule has 0 aliphatic heterocycles. The van der Waals surface area contributed by atoms with Gasteiger partial charge in [-0.3, -0.25) is 4.79 Å². The summed E-state index contributed by atoms with van der Waals surface area (Å²) in [6.07, 6.45) is 0.494. The molecule has 0 radical (unpaired) electrons. The maximum Gasteiger partial charge on any atom is 0.248 e. The molecule has 0 aromatic rings. The molecule has 0 saturated heterocycles. The standard InChI is InChI=1S/C12H20F2O/c1-8(2)9(3)11(15)10-4-6-12(13,14)7-5-10/h8-10H,4-7H2,1-3H3. The number of rotatable bonds is 3. The fraction of sp³-hybridized carbons (Fsp3) is 0.917. The minimum atomic E-state index is -2.53. The fourth-order valence-corrected chi connectivity index (χ4v) is 2.02. The average molecular weight is 218 g/mol. The van der Waals surface area contributed by atoms with E-state index >= 15 is 0 Å². The summed E-state index contributed by atoms with van der Waals surface area (Å²) in [6, 6.07) is 0. The zero-order valence-corrected chi connectivity index (χ0v) is 9.72. The highest BCUT2D eigenvalue weighted by molar-refractivity contribution is 5.83. The van der Waals surface area contributed by atoms with Crippen molar-refractivity contribution in [2.75, 3.05) is 0 Å². The Kier molecular flexibility index (Phi) is 3.85. The third kappa shape index (κ3) is 3.25. The van der Waals surface area contributed by atoms with Crippen LogP contribution in [0.3, 0.4) is 0 Å². The molecule has 1 aliphatic carbocycles. The summed E-state index contributed by atoms with van der Waals surface area (Å²) in [5.74, 6) is -2.16. The van der Waals surface area contributed by atoms with Gasteiger partial charge in [0.1, 0.15) is 5.78 Å². The Balaban J connectivity index is 2.50. The van der Waals surface area contributed by atoms with Crippen LogP contribution in [0.4, 0.5) is 8.78 Å². The van der Waals surface area contributed by atoms with Gasteiger partial charge in [-0.1, -0.05) is 20.8 Å². The number of carbonyl (C=O) groups excluding carboxylic acids is 1. The lowest BCUT2D eigenvalue weighted by Gasteiger charge is -2.29. The molecule has 15 heavy (non-hydrogen) atoms. The lowest BCUT2D eigenvalue weighted by Crippen LogP contribution is -2.32. The van der Waals surface area contributed by atoms with Crippen molar-refractivity contribution < 1.29 is 13.6 Å². The Hall–Kier alpha value is -0.470. The zero-order chi connectivity index (χ0) is 11.6. The van der Waals surface area contributed by atoms with Gasteiger partial charge in [0.15, 0.2) is 0 Å². The smallest absolute Gasteiger partial charge is 0.248 e. The molecular weight excluding hydrogens is 198 g/mol. The second-order valence-corrected chi connectivity index (χ2v) is 5.07. The normalized spacial score (nSPS) is 24.1. The second-order valence-electron chi connectivity index (χ2n) is 5.07. The van der Waals surface area contributed by atoms with Gasteiger partial charge in [-0.05, 0) is 18.8 Å². The maximum absolute atomic E-state index is 12.9. The number of ketones is 1. The van der Waals surface area contributed by atoms with Crippen molar-refractivity contribution in [3.63, 3.8) is 0 Å². The average Bonchev–Trinajstić information content (AvgIpc) is 2.15. The van der Waals surface area contributed by atoms with Crippen molar-refractivity contribution in [2.45, 2.75) is 52.4 Å². The van der Waals surface area contributed by atoms with Crippen LogP contribution in [0.25, 0.3) is 0 Å². The second kappa shape index (κ2) is 4.58. The van der Waals surface area contributed by atoms with Crippen LogP contribution in [0.1, 0.15) is 46.5 Å². The van der Waals surface area contributed by atoms with Crippen LogP contribution in [0.15, 0.2) is 0 Å². The molecule has 0 spiro atoms. The summed E-state index contributed by atoms with van der Waals surface area (Å²) in [4.78, 5) is 11.9. The number of alkyl halides is 2. The monoisotopic (exact) mass is 218 g/mol. The highest BCUT2D eigenvalue weighted by Gasteiger charge is 2.38. The molecule has 1 aliphatic rings. The van der Waals surface area contributed by atoms with E-state index in [4.69, 9.17) is 0 Å². The Labute approximate surface area is 90.2 Å². The lowest BCUT2D eigenvalue weighted by molar-refractivity contribution is -0.131. The molecule has 0 aromatic heterocycles. The summed E-state index contributed by atoms with van der Waals surface area (Å²) < 4.78 is 25.8. The quantitative estimate of drug-likeness (QED) is 0.706. The van der Waals surface area contributed by atoms with Gasteiger partial charge in [0.25, 0.3) is 0 Å². The first-order chi connectivity index (χ1) is 6.83. The predicted octanol–water partition coefficient (Wildman–Crippen LogP) is 3.67. The molecule has 0 bridgehead atoms. The first kappa shape index (κ1) is 12.6. The third-order valence-corrected chi connectivity index (χ3v) is 3.57. The van der Waals surface area contributed by atoms with Crippen LogP contribution in [0.5, 0.6) is 0 Å². The van der Waals surface area contributed by atoms with Crippen LogP contribution >= 0.6 is 0 Å². The van der Waals surface area contributed by atoms with Crippen LogP contribution in [0.2, 0.25) is 0 Å². The van der Waals surface area contributed by atoms with E-state index in [0.29, 0.717) is 18.8 Å². The number of hydrogen-bond donors (Lipinski definition) is 0. The van der Waals surface area contributed by atoms with Gasteiger partial charge >= 0.3 is 0 Å². The largest absolute Gasteiger partial charge is 0.299 e. The van der Waals surface area contributed by atoms with Crippen molar-refractivity contribution in [3.05, 3.63) is 0 Å². The Morgan fingerprint density at radius 2 is 1.67 bits per heavy atom. The van der Waals surface area contributed by atoms with Crippen molar-refractivity contribution >= 4 is 5.78 Å². The molecule has 1 nitrogen and oxygen atoms in total. The van der Waals surface area contributed by atoms with Gasteiger partial charge in [0.05, 0.1) is 0 Å². The fourth-order valence-electron chi connectivity index (χ4n) is 2.02. The van der Waals surface area contributed by atoms with E-state index in [9.17, 15) is 13.6 Å². The van der Waals surface area contributed by atoms with E-state index in [-0.39, 0.29) is 30.5 Å². The Morgan fingerprint density at radius 1 is 1.20 bits per heavy atom. The molecule has 3 heteroatoms. The highest BCUT2D eigenvalue weighted by Crippen LogP contribution is 2.37. The van der Waals surface area contributed by atoms with Crippen molar-refractivity contribution in [2.24, 2.45) is 17.8 Å². The molecular formula is C12H20F2O. The third-order valence-electron chi connectivity index (χ3n) is 3.57. The first-order valence-corrected chi connectivity index (χ1v) is 5.75. The summed E-state index contributed by atoms with van der Waals surface area (Å²) in [6.45, 7) is 5.90. The SMILES string of the molecule is CC(C)C(C)C(=O)C1CCC(F)(F)CC1. The van der Waals surface area contributed by atoms with E-state index in [1.54, 1.807) is 0 Å². The molecule has 0 heterocycles. The molecule has 0 N–H and O–H groups in total. The van der Waals surface area contributed by atoms with Crippen LogP contribution in [-0.2, 0) is 4.79 Å². The molecule has 0 aromatic carbocycles. The summed E-state index contributed by atoms with van der Waals surface area (Å²) >= 11 is 0. The lowest BCUT2D eigenvalue weighted by atomic mass is 9.78. The topological polar surface area (TPSA) is 17.1 Å². The van der Waals surface area contributed by atoms with Crippen molar-refractivity contribution in [3.8, 4) is 0 Å². The van der Waals surface area contributed by atoms with Gasteiger partial charge in [-0.15, -0.1) is 0 Å². The highest BCUT2D eigenvalue weighted by atomic mass is 19.3. The van der Waals surface area contributed by atoms with E-state index in [2.05, 4.69) is 0 Å². The van der Waals surface area contributed by atoms with Crippen LogP contribution in [-0.4, -0.2) is 11.7 Å². The molecule has 0 amide bonds. The molecule has 1 saturated carbocycles. The van der Waals surface area contributed by atoms with Gasteiger partial charge in [0.2, 0.25) is 5.92 Å². The summed E-state index contributed by atoms with van der Waals surface area (Å²) in [7, 11) is 0. The van der Waals surface area contributed by atoms with E-state index in [1.807, 2.05) is 20.8 Å². The molecule has 1 fully saturated rings. The molecule has 1 rings (SSSR count). The first-order valence-electron chi connectivity index (χ1n) is 5.75. The molecule has 1 atom stereocenters. The molecule has 88 valence electrons. The van der Waals surface area contributed by atoms with Gasteiger partial charge in [-0.25, -0.2) is 8.78 Å². The number of carbonyl (C=O) groups is 1. The predicted molar refractivity (Wildman–Crippen MR) is 55.9 cm³/mol. The van der Waals surface area contributed by atoms with Gasteiger partial charge < -0.3 is 0 Å². The number of halogens is 2. The van der Waals surface area contributed by atoms with Crippen molar-refractivity contribution in [1.82, 2.24) is 0 Å². The summed E-state index contributed by atoms with van der Waals surface area (Å²) in [5, 5.41) is 0.